The number of rotatable bonds is 4. The lowest BCUT2D eigenvalue weighted by Gasteiger charge is -2.39. The number of thioether (sulfide) groups is 1. The lowest BCUT2D eigenvalue weighted by molar-refractivity contribution is -0.153. The van der Waals surface area contributed by atoms with Gasteiger partial charge in [0, 0.05) is 31.0 Å². The molecule has 0 radical (unpaired) electrons. The molecule has 5 atom stereocenters. The highest BCUT2D eigenvalue weighted by atomic mass is 32.2. The van der Waals surface area contributed by atoms with Crippen LogP contribution in [0.4, 0.5) is 0 Å². The van der Waals surface area contributed by atoms with E-state index in [0.717, 1.165) is 25.7 Å². The summed E-state index contributed by atoms with van der Waals surface area (Å²) in [6.07, 6.45) is 14.7. The summed E-state index contributed by atoms with van der Waals surface area (Å²) in [7, 11) is 0. The number of nitrogens with zero attached hydrogens (tertiary/aromatic N) is 2. The Morgan fingerprint density at radius 1 is 1.12 bits per heavy atom. The minimum Gasteiger partial charge on any atom is -0.465 e. The number of carbonyl (C=O) groups excluding carboxylic acids is 3. The van der Waals surface area contributed by atoms with Crippen LogP contribution in [0.2, 0.25) is 0 Å². The molecule has 0 aromatic rings. The summed E-state index contributed by atoms with van der Waals surface area (Å²) in [5.74, 6) is -1.71. The van der Waals surface area contributed by atoms with Gasteiger partial charge in [-0.2, -0.15) is 0 Å². The second-order valence-electron chi connectivity index (χ2n) is 9.52. The van der Waals surface area contributed by atoms with Crippen LogP contribution >= 0.6 is 11.8 Å². The average Bonchev–Trinajstić information content (AvgIpc) is 3.16. The Morgan fingerprint density at radius 2 is 1.94 bits per heavy atom. The number of esters is 1. The number of cyclic esters (lactones) is 1. The van der Waals surface area contributed by atoms with E-state index in [4.69, 9.17) is 4.74 Å². The molecule has 5 aliphatic rings. The number of aliphatic hydroxyl groups excluding tert-OH is 1. The Hall–Kier alpha value is -1.80. The zero-order valence-corrected chi connectivity index (χ0v) is 19.2. The van der Waals surface area contributed by atoms with E-state index in [1.807, 2.05) is 23.1 Å². The number of likely N-dealkylation sites (tertiary alicyclic amines) is 1. The van der Waals surface area contributed by atoms with Crippen LogP contribution in [0.5, 0.6) is 0 Å². The topological polar surface area (TPSA) is 87.2 Å². The number of fused-ring (bicyclic) bond motifs is 2. The maximum Gasteiger partial charge on any atom is 0.311 e. The van der Waals surface area contributed by atoms with Crippen molar-refractivity contribution in [2.45, 2.75) is 67.0 Å². The van der Waals surface area contributed by atoms with Gasteiger partial charge in [0.2, 0.25) is 11.8 Å². The van der Waals surface area contributed by atoms with E-state index in [0.29, 0.717) is 32.5 Å². The van der Waals surface area contributed by atoms with Gasteiger partial charge in [-0.25, -0.2) is 0 Å². The van der Waals surface area contributed by atoms with Gasteiger partial charge in [0.05, 0.1) is 23.2 Å². The fourth-order valence-corrected chi connectivity index (χ4v) is 8.33. The third-order valence-electron chi connectivity index (χ3n) is 7.72. The molecule has 5 rings (SSSR count). The van der Waals surface area contributed by atoms with Gasteiger partial charge in [-0.1, -0.05) is 43.6 Å². The molecule has 174 valence electrons. The molecular formula is C24H32N2O5S. The van der Waals surface area contributed by atoms with Crippen LogP contribution in [0.15, 0.2) is 24.3 Å². The molecule has 0 bridgehead atoms. The van der Waals surface area contributed by atoms with E-state index >= 15 is 0 Å². The molecule has 1 N–H and O–H groups in total. The summed E-state index contributed by atoms with van der Waals surface area (Å²) < 4.78 is 4.71. The van der Waals surface area contributed by atoms with Crippen molar-refractivity contribution in [1.29, 1.82) is 0 Å². The molecule has 7 nitrogen and oxygen atoms in total. The van der Waals surface area contributed by atoms with Crippen molar-refractivity contribution in [3.8, 4) is 0 Å². The van der Waals surface area contributed by atoms with Gasteiger partial charge in [-0.15, -0.1) is 11.8 Å². The van der Waals surface area contributed by atoms with Gasteiger partial charge in [-0.3, -0.25) is 14.4 Å². The molecule has 0 aromatic carbocycles. The highest BCUT2D eigenvalue weighted by Gasteiger charge is 2.71. The van der Waals surface area contributed by atoms with E-state index in [1.165, 1.54) is 6.42 Å². The highest BCUT2D eigenvalue weighted by Crippen LogP contribution is 2.60. The third-order valence-corrected chi connectivity index (χ3v) is 9.47. The first-order valence-electron chi connectivity index (χ1n) is 12.0. The zero-order valence-electron chi connectivity index (χ0n) is 18.4. The molecule has 8 heteroatoms. The molecule has 1 spiro atoms. The third kappa shape index (κ3) is 3.41. The smallest absolute Gasteiger partial charge is 0.311 e. The van der Waals surface area contributed by atoms with Gasteiger partial charge < -0.3 is 19.6 Å². The van der Waals surface area contributed by atoms with Crippen LogP contribution in [0.25, 0.3) is 0 Å². The second kappa shape index (κ2) is 8.86. The highest BCUT2D eigenvalue weighted by molar-refractivity contribution is 8.02. The van der Waals surface area contributed by atoms with E-state index in [-0.39, 0.29) is 35.7 Å². The molecule has 1 saturated carbocycles. The Kier molecular flexibility index (Phi) is 6.09. The van der Waals surface area contributed by atoms with E-state index < -0.39 is 22.6 Å². The predicted molar refractivity (Wildman–Crippen MR) is 121 cm³/mol. The molecule has 2 saturated heterocycles. The summed E-state index contributed by atoms with van der Waals surface area (Å²) in [6, 6.07) is -0.443. The molecule has 4 heterocycles. The molecule has 1 aliphatic carbocycles. The van der Waals surface area contributed by atoms with Crippen molar-refractivity contribution in [2.75, 3.05) is 26.3 Å². The molecule has 2 amide bonds. The zero-order chi connectivity index (χ0) is 22.3. The first-order chi connectivity index (χ1) is 15.6. The van der Waals surface area contributed by atoms with Crippen LogP contribution in [0.1, 0.15) is 44.9 Å². The van der Waals surface area contributed by atoms with Gasteiger partial charge in [-0.05, 0) is 25.7 Å². The van der Waals surface area contributed by atoms with Gasteiger partial charge >= 0.3 is 5.97 Å². The first-order valence-corrected chi connectivity index (χ1v) is 12.9. The number of ether oxygens (including phenoxy) is 1. The van der Waals surface area contributed by atoms with Crippen LogP contribution in [-0.2, 0) is 19.1 Å². The number of hydrogen-bond donors (Lipinski definition) is 1. The monoisotopic (exact) mass is 460 g/mol. The maximum atomic E-state index is 14.1. The number of amides is 2. The molecular weight excluding hydrogens is 428 g/mol. The Labute approximate surface area is 193 Å². The standard InChI is InChI=1S/C24H32N2O5S/c27-14-7-13-26-20-22(29)25(16-8-2-1-3-9-16)12-6-11-24(20)19(21(26)28)18-17(32-24)10-4-5-15-31-23(18)30/h4,6,10-11,16-20,27H,1-3,5,7-9,12-15H2/t17-,18+,19+,20?,24+/m1/s1. The average molecular weight is 461 g/mol. The lowest BCUT2D eigenvalue weighted by Crippen LogP contribution is -2.55. The summed E-state index contributed by atoms with van der Waals surface area (Å²) in [6.45, 7) is 1.14. The summed E-state index contributed by atoms with van der Waals surface area (Å²) in [5, 5.41) is 9.27. The molecule has 3 fully saturated rings. The SMILES string of the molecule is O=C1OCCC=C[C@H]2S[C@]34C=CCN(C5CCCCC5)C(=O)C3N(CCCO)C(=O)[C@@H]4[C@@H]12. The first kappa shape index (κ1) is 22.0. The van der Waals surface area contributed by atoms with Gasteiger partial charge in [0.15, 0.2) is 0 Å². The Balaban J connectivity index is 1.56. The largest absolute Gasteiger partial charge is 0.465 e. The summed E-state index contributed by atoms with van der Waals surface area (Å²) >= 11 is 1.58. The van der Waals surface area contributed by atoms with Crippen molar-refractivity contribution in [3.63, 3.8) is 0 Å². The van der Waals surface area contributed by atoms with Crippen LogP contribution in [-0.4, -0.2) is 81.1 Å². The van der Waals surface area contributed by atoms with Crippen molar-refractivity contribution >= 4 is 29.5 Å². The van der Waals surface area contributed by atoms with Crippen molar-refractivity contribution in [2.24, 2.45) is 11.8 Å². The van der Waals surface area contributed by atoms with Crippen LogP contribution < -0.4 is 0 Å². The predicted octanol–water partition coefficient (Wildman–Crippen LogP) is 1.90. The number of aliphatic hydroxyl groups is 1. The molecule has 4 aliphatic heterocycles. The molecule has 1 unspecified atom stereocenters. The minimum absolute atomic E-state index is 0.00481. The van der Waals surface area contributed by atoms with Crippen LogP contribution in [0, 0.1) is 11.8 Å². The summed E-state index contributed by atoms with van der Waals surface area (Å²) in [4.78, 5) is 44.5. The lowest BCUT2D eigenvalue weighted by atomic mass is 9.78. The van der Waals surface area contributed by atoms with Gasteiger partial charge in [0.1, 0.15) is 6.04 Å². The van der Waals surface area contributed by atoms with Gasteiger partial charge in [0.25, 0.3) is 0 Å². The van der Waals surface area contributed by atoms with E-state index in [2.05, 4.69) is 6.08 Å². The van der Waals surface area contributed by atoms with E-state index in [9.17, 15) is 19.5 Å². The Bertz CT molecular complexity index is 838. The number of hydrogen-bond acceptors (Lipinski definition) is 6. The summed E-state index contributed by atoms with van der Waals surface area (Å²) in [5.41, 5.74) is 0. The quantitative estimate of drug-likeness (QED) is 0.509. The fourth-order valence-electron chi connectivity index (χ4n) is 6.33. The van der Waals surface area contributed by atoms with E-state index in [1.54, 1.807) is 16.7 Å². The number of carbonyl (C=O) groups is 3. The maximum absolute atomic E-state index is 14.1. The normalized spacial score (nSPS) is 37.5. The van der Waals surface area contributed by atoms with Crippen LogP contribution in [0.3, 0.4) is 0 Å². The molecule has 32 heavy (non-hydrogen) atoms. The van der Waals surface area contributed by atoms with Crippen molar-refractivity contribution < 1.29 is 24.2 Å². The van der Waals surface area contributed by atoms with Crippen molar-refractivity contribution in [3.05, 3.63) is 24.3 Å². The minimum atomic E-state index is -0.782. The second-order valence-corrected chi connectivity index (χ2v) is 11.0. The molecule has 0 aromatic heterocycles. The van der Waals surface area contributed by atoms with Crippen molar-refractivity contribution in [1.82, 2.24) is 9.80 Å². The Morgan fingerprint density at radius 3 is 2.72 bits per heavy atom. The fraction of sp³-hybridized carbons (Fsp3) is 0.708.